The van der Waals surface area contributed by atoms with Crippen molar-refractivity contribution in [2.75, 3.05) is 13.2 Å². The molecule has 0 bridgehead atoms. The molecule has 0 N–H and O–H groups in total. The SMILES string of the molecule is Cc1cc(B(c2cc(C)cc(C(F)(F)F)c2)c2cc(C(F)(F)F)cc(C(F)(F)F)c2)cc(C(F)(F)F)c1.Cc1cc(Br)cc(C(F)(F)F)c1.Cc1cc([B-](c2cc(C)cc(C(F)(F)F)c2)(c2cc(C(F)(F)F)cc(C(F)(F)F)c2)[O+]2CCCC2)cc(C(F)(F)F)c1. The third-order valence-electron chi connectivity index (χ3n) is 14.3. The maximum absolute atomic E-state index is 14.0. The molecule has 7 aromatic rings. The normalized spacial score (nSPS) is 14.2. The van der Waals surface area contributed by atoms with Crippen LogP contribution in [-0.4, -0.2) is 26.3 Å². The largest absolute Gasteiger partial charge is 0.660 e. The van der Waals surface area contributed by atoms with Crippen LogP contribution >= 0.6 is 15.9 Å². The zero-order chi connectivity index (χ0) is 69.0. The Hall–Kier alpha value is -6.78. The summed E-state index contributed by atoms with van der Waals surface area (Å²) >= 11 is 3.01. The standard InChI is InChI=1S/C28H23BF12O.C24H15BF12.C8H6BrF3/c1-16-7-18(25(30,31)32)12-22(9-16)29(42-5-3-4-6-42,23-10-17(2)8-19(13-23)26(33,34)35)24-14-20(27(36,37)38)11-21(15-24)28(39,40)41;1-12-3-14(21(26,27)28)8-18(5-12)25(19-6-13(2)4-15(9-19)22(29,30)31)20-10-16(23(32,33)34)7-17(11-20)24(35,36)37;1-5-2-6(8(10,11)12)4-7(9)3-5/h7-15H,3-6H2,1-2H3;3-11H,1-2H3;2-4H,1H3. The van der Waals surface area contributed by atoms with Gasteiger partial charge in [-0.1, -0.05) is 127 Å². The lowest BCUT2D eigenvalue weighted by molar-refractivity contribution is -0.144. The van der Waals surface area contributed by atoms with Crippen molar-refractivity contribution < 1.29 is 123 Å². The molecule has 1 nitrogen and oxygen atoms in total. The number of hydrogen-bond donors (Lipinski definition) is 0. The molecule has 91 heavy (non-hydrogen) atoms. The average Bonchev–Trinajstić information content (AvgIpc) is 1.56. The minimum atomic E-state index is -5.32. The van der Waals surface area contributed by atoms with Gasteiger partial charge in [0.1, 0.15) is 0 Å². The number of halogens is 28. The molecule has 1 saturated heterocycles. The summed E-state index contributed by atoms with van der Waals surface area (Å²) in [7, 11) is 0. The summed E-state index contributed by atoms with van der Waals surface area (Å²) in [6, 6.07) is 14.4. The van der Waals surface area contributed by atoms with E-state index in [1.54, 1.807) is 13.0 Å². The van der Waals surface area contributed by atoms with Gasteiger partial charge in [-0.2, -0.15) is 119 Å². The van der Waals surface area contributed by atoms with Crippen LogP contribution in [0, 0.1) is 34.6 Å². The van der Waals surface area contributed by atoms with Crippen molar-refractivity contribution in [3.05, 3.63) is 210 Å². The van der Waals surface area contributed by atoms with Crippen LogP contribution in [0.4, 0.5) is 119 Å². The highest BCUT2D eigenvalue weighted by atomic mass is 79.9. The van der Waals surface area contributed by atoms with Crippen LogP contribution in [0.5, 0.6) is 0 Å². The highest BCUT2D eigenvalue weighted by molar-refractivity contribution is 9.10. The number of benzene rings is 7. The van der Waals surface area contributed by atoms with Crippen molar-refractivity contribution in [3.63, 3.8) is 0 Å². The highest BCUT2D eigenvalue weighted by Crippen LogP contribution is 2.41. The van der Waals surface area contributed by atoms with Gasteiger partial charge in [0.15, 0.2) is 0 Å². The zero-order valence-corrected chi connectivity index (χ0v) is 48.7. The Morgan fingerprint density at radius 3 is 0.758 bits per heavy atom. The Kier molecular flexibility index (Phi) is 20.9. The van der Waals surface area contributed by atoms with Gasteiger partial charge in [0, 0.05) is 17.3 Å². The quantitative estimate of drug-likeness (QED) is 0.0850. The molecule has 1 aliphatic rings. The monoisotopic (exact) mass is 1390 g/mol. The van der Waals surface area contributed by atoms with E-state index in [-0.39, 0.29) is 58.5 Å². The van der Waals surface area contributed by atoms with E-state index in [0.29, 0.717) is 83.5 Å². The molecule has 1 aliphatic heterocycles. The van der Waals surface area contributed by atoms with Crippen molar-refractivity contribution in [1.82, 2.24) is 0 Å². The van der Waals surface area contributed by atoms with Crippen LogP contribution in [0.25, 0.3) is 0 Å². The van der Waals surface area contributed by atoms with Gasteiger partial charge in [0.05, 0.1) is 63.3 Å². The van der Waals surface area contributed by atoms with E-state index in [1.165, 1.54) is 27.7 Å². The van der Waals surface area contributed by atoms with Crippen LogP contribution in [0.1, 0.15) is 90.7 Å². The Morgan fingerprint density at radius 2 is 0.484 bits per heavy atom. The Morgan fingerprint density at radius 1 is 0.275 bits per heavy atom. The molecule has 492 valence electrons. The first-order valence-corrected chi connectivity index (χ1v) is 27.0. The van der Waals surface area contributed by atoms with E-state index < -0.39 is 141 Å². The molecule has 1 heterocycles. The smallest absolute Gasteiger partial charge is 0.416 e. The van der Waals surface area contributed by atoms with Gasteiger partial charge in [-0.3, -0.25) is 0 Å². The summed E-state index contributed by atoms with van der Waals surface area (Å²) in [5.74, 6) is 0. The maximum Gasteiger partial charge on any atom is 0.416 e. The van der Waals surface area contributed by atoms with Crippen LogP contribution in [0.3, 0.4) is 0 Å². The Bertz CT molecular complexity index is 3530. The van der Waals surface area contributed by atoms with Gasteiger partial charge in [-0.05, 0) is 94.8 Å². The van der Waals surface area contributed by atoms with Crippen molar-refractivity contribution in [2.24, 2.45) is 0 Å². The topological polar surface area (TPSA) is 2.70 Å². The molecule has 1 fully saturated rings. The Labute approximate surface area is 509 Å². The second-order valence-corrected chi connectivity index (χ2v) is 22.5. The maximum atomic E-state index is 14.0. The van der Waals surface area contributed by atoms with E-state index >= 15 is 0 Å². The first kappa shape index (κ1) is 73.3. The number of rotatable bonds is 7. The van der Waals surface area contributed by atoms with Crippen LogP contribution < -0.4 is 32.8 Å². The third-order valence-corrected chi connectivity index (χ3v) is 14.7. The van der Waals surface area contributed by atoms with Gasteiger partial charge in [0.25, 0.3) is 0 Å². The molecule has 0 spiro atoms. The molecule has 0 radical (unpaired) electrons. The predicted molar refractivity (Wildman–Crippen MR) is 291 cm³/mol. The zero-order valence-electron chi connectivity index (χ0n) is 47.1. The van der Waals surface area contributed by atoms with E-state index in [0.717, 1.165) is 48.5 Å². The molecular weight excluding hydrogens is 1350 g/mol. The fourth-order valence-corrected chi connectivity index (χ4v) is 11.3. The second-order valence-electron chi connectivity index (χ2n) is 21.6. The van der Waals surface area contributed by atoms with Crippen molar-refractivity contribution in [1.29, 1.82) is 0 Å². The minimum Gasteiger partial charge on any atom is -0.660 e. The molecule has 0 saturated carbocycles. The summed E-state index contributed by atoms with van der Waals surface area (Å²) in [6.45, 7) is 4.55. The molecule has 0 aliphatic carbocycles. The van der Waals surface area contributed by atoms with E-state index in [9.17, 15) is 119 Å². The Balaban J connectivity index is 0.000000246. The van der Waals surface area contributed by atoms with Gasteiger partial charge in [-0.15, -0.1) is 16.4 Å². The summed E-state index contributed by atoms with van der Waals surface area (Å²) < 4.78 is 369. The number of alkyl halides is 27. The average molecular weight is 1400 g/mol. The summed E-state index contributed by atoms with van der Waals surface area (Å²) in [5.41, 5.74) is -15.4. The minimum absolute atomic E-state index is 0.0439. The van der Waals surface area contributed by atoms with Gasteiger partial charge in [0.2, 0.25) is 6.71 Å². The highest BCUT2D eigenvalue weighted by Gasteiger charge is 2.51. The lowest BCUT2D eigenvalue weighted by Gasteiger charge is -2.48. The fourth-order valence-electron chi connectivity index (χ4n) is 10.7. The molecule has 0 atom stereocenters. The lowest BCUT2D eigenvalue weighted by atomic mass is 9.27. The van der Waals surface area contributed by atoms with Crippen LogP contribution in [0.2, 0.25) is 0 Å². The molecule has 7 aromatic carbocycles. The van der Waals surface area contributed by atoms with Crippen molar-refractivity contribution >= 4 is 61.8 Å². The molecular formula is C60H44B2BrF27O. The summed E-state index contributed by atoms with van der Waals surface area (Å²) in [6.07, 6.45) is -48.1. The molecule has 8 rings (SSSR count). The molecule has 0 aromatic heterocycles. The second kappa shape index (κ2) is 26.0. The van der Waals surface area contributed by atoms with Crippen molar-refractivity contribution in [2.45, 2.75) is 103 Å². The van der Waals surface area contributed by atoms with E-state index in [2.05, 4.69) is 20.2 Å². The number of aryl methyl sites for hydroxylation is 5. The fraction of sp³-hybridized carbons (Fsp3) is 0.300. The lowest BCUT2D eigenvalue weighted by Crippen LogP contribution is -2.74. The van der Waals surface area contributed by atoms with E-state index in [1.807, 2.05) is 0 Å². The summed E-state index contributed by atoms with van der Waals surface area (Å²) in [4.78, 5) is 0. The number of hydrogen-bond acceptors (Lipinski definition) is 0. The molecule has 31 heteroatoms. The first-order valence-electron chi connectivity index (χ1n) is 26.2. The van der Waals surface area contributed by atoms with Crippen LogP contribution in [0.15, 0.2) is 132 Å². The van der Waals surface area contributed by atoms with Gasteiger partial charge >= 0.3 is 61.9 Å². The predicted octanol–water partition coefficient (Wildman–Crippen LogP) is 18.4. The first-order chi connectivity index (χ1) is 41.2. The molecule has 0 unspecified atom stereocenters. The van der Waals surface area contributed by atoms with Gasteiger partial charge < -0.3 is 4.28 Å². The van der Waals surface area contributed by atoms with Crippen molar-refractivity contribution in [3.8, 4) is 0 Å². The summed E-state index contributed by atoms with van der Waals surface area (Å²) in [5, 5.41) is 0. The van der Waals surface area contributed by atoms with E-state index in [4.69, 9.17) is 0 Å². The van der Waals surface area contributed by atoms with Gasteiger partial charge in [-0.25, -0.2) is 0 Å². The third kappa shape index (κ3) is 18.1. The van der Waals surface area contributed by atoms with Crippen LogP contribution in [-0.2, 0) is 59.9 Å². The molecule has 0 amide bonds.